The quantitative estimate of drug-likeness (QED) is 0.676. The van der Waals surface area contributed by atoms with Crippen LogP contribution in [0.15, 0.2) is 23.2 Å². The maximum atomic E-state index is 5.53. The minimum absolute atomic E-state index is 0.0230. The van der Waals surface area contributed by atoms with Gasteiger partial charge in [-0.2, -0.15) is 0 Å². The van der Waals surface area contributed by atoms with Crippen LogP contribution in [0, 0.1) is 5.41 Å². The molecule has 5 nitrogen and oxygen atoms in total. The molecular weight excluding hydrogens is 314 g/mol. The Labute approximate surface area is 150 Å². The lowest BCUT2D eigenvalue weighted by Gasteiger charge is -2.38. The van der Waals surface area contributed by atoms with E-state index in [9.17, 15) is 0 Å². The highest BCUT2D eigenvalue weighted by molar-refractivity contribution is 5.80. The first-order valence-corrected chi connectivity index (χ1v) is 9.37. The number of nitrogens with zero attached hydrogens (tertiary/aromatic N) is 2. The van der Waals surface area contributed by atoms with Crippen molar-refractivity contribution in [2.24, 2.45) is 10.4 Å². The number of rotatable bonds is 3. The largest absolute Gasteiger partial charge is 0.454 e. The Morgan fingerprint density at radius 2 is 2.04 bits per heavy atom. The second-order valence-electron chi connectivity index (χ2n) is 8.38. The highest BCUT2D eigenvalue weighted by atomic mass is 16.7. The van der Waals surface area contributed by atoms with Crippen LogP contribution in [0.5, 0.6) is 11.5 Å². The van der Waals surface area contributed by atoms with E-state index in [2.05, 4.69) is 41.2 Å². The summed E-state index contributed by atoms with van der Waals surface area (Å²) in [5, 5.41) is 3.61. The number of fused-ring (bicyclic) bond motifs is 1. The third kappa shape index (κ3) is 3.05. The number of hydrogen-bond donors (Lipinski definition) is 1. The molecule has 5 heteroatoms. The number of guanidine groups is 1. The van der Waals surface area contributed by atoms with Crippen molar-refractivity contribution < 1.29 is 9.47 Å². The van der Waals surface area contributed by atoms with Crippen LogP contribution in [0.25, 0.3) is 0 Å². The van der Waals surface area contributed by atoms with Crippen molar-refractivity contribution >= 4 is 5.96 Å². The predicted molar refractivity (Wildman–Crippen MR) is 99.4 cm³/mol. The summed E-state index contributed by atoms with van der Waals surface area (Å²) in [6.45, 7) is 7.95. The minimum atomic E-state index is -0.0230. The van der Waals surface area contributed by atoms with E-state index in [1.165, 1.54) is 31.2 Å². The summed E-state index contributed by atoms with van der Waals surface area (Å²) in [4.78, 5) is 6.97. The first-order chi connectivity index (χ1) is 12.0. The molecule has 4 rings (SSSR count). The van der Waals surface area contributed by atoms with Gasteiger partial charge in [0.2, 0.25) is 6.79 Å². The van der Waals surface area contributed by atoms with E-state index in [0.717, 1.165) is 37.1 Å². The molecule has 0 bridgehead atoms. The van der Waals surface area contributed by atoms with E-state index in [1.54, 1.807) is 0 Å². The Morgan fingerprint density at radius 3 is 2.72 bits per heavy atom. The highest BCUT2D eigenvalue weighted by Crippen LogP contribution is 2.47. The van der Waals surface area contributed by atoms with Gasteiger partial charge in [-0.15, -0.1) is 0 Å². The van der Waals surface area contributed by atoms with Crippen LogP contribution in [0.3, 0.4) is 0 Å². The van der Waals surface area contributed by atoms with Gasteiger partial charge in [-0.1, -0.05) is 26.3 Å². The number of benzene rings is 1. The number of hydrogen-bond acceptors (Lipinski definition) is 3. The lowest BCUT2D eigenvalue weighted by molar-refractivity contribution is 0.151. The van der Waals surface area contributed by atoms with E-state index in [4.69, 9.17) is 9.47 Å². The van der Waals surface area contributed by atoms with Crippen molar-refractivity contribution in [1.82, 2.24) is 10.2 Å². The minimum Gasteiger partial charge on any atom is -0.454 e. The summed E-state index contributed by atoms with van der Waals surface area (Å²) < 4.78 is 11.0. The van der Waals surface area contributed by atoms with Crippen LogP contribution in [0.2, 0.25) is 0 Å². The molecule has 1 aliphatic carbocycles. The number of aliphatic imine (C=N–C) groups is 1. The summed E-state index contributed by atoms with van der Waals surface area (Å²) >= 11 is 0. The molecule has 25 heavy (non-hydrogen) atoms. The van der Waals surface area contributed by atoms with Gasteiger partial charge in [0.05, 0.1) is 0 Å². The lowest BCUT2D eigenvalue weighted by atomic mass is 9.68. The summed E-state index contributed by atoms with van der Waals surface area (Å²) in [5.41, 5.74) is 1.81. The molecule has 1 saturated heterocycles. The number of nitrogens with one attached hydrogen (secondary N) is 1. The molecule has 1 aromatic rings. The summed E-state index contributed by atoms with van der Waals surface area (Å²) in [7, 11) is 1.89. The summed E-state index contributed by atoms with van der Waals surface area (Å²) in [6, 6.07) is 6.25. The molecular formula is C20H29N3O2. The molecule has 0 radical (unpaired) electrons. The zero-order valence-electron chi connectivity index (χ0n) is 15.6. The normalized spacial score (nSPS) is 21.6. The van der Waals surface area contributed by atoms with Crippen molar-refractivity contribution in [2.45, 2.75) is 44.9 Å². The second kappa shape index (κ2) is 6.11. The highest BCUT2D eigenvalue weighted by Gasteiger charge is 2.43. The van der Waals surface area contributed by atoms with Crippen molar-refractivity contribution in [1.29, 1.82) is 0 Å². The van der Waals surface area contributed by atoms with Gasteiger partial charge in [-0.3, -0.25) is 4.99 Å². The van der Waals surface area contributed by atoms with Gasteiger partial charge < -0.3 is 19.7 Å². The third-order valence-electron chi connectivity index (χ3n) is 6.21. The monoisotopic (exact) mass is 343 g/mol. The van der Waals surface area contributed by atoms with Crippen LogP contribution in [0.4, 0.5) is 0 Å². The standard InChI is InChI=1S/C20H29N3O2/c1-19(2,15-5-6-16-17(11-15)25-14-24-16)12-22-18(21-3)23-10-9-20(13-23)7-4-8-20/h5-6,11H,4,7-10,12-14H2,1-3H3,(H,21,22). The first-order valence-electron chi connectivity index (χ1n) is 9.37. The van der Waals surface area contributed by atoms with Gasteiger partial charge in [0.25, 0.3) is 0 Å². The molecule has 1 aromatic carbocycles. The van der Waals surface area contributed by atoms with E-state index >= 15 is 0 Å². The fourth-order valence-corrected chi connectivity index (χ4v) is 4.25. The van der Waals surface area contributed by atoms with E-state index in [-0.39, 0.29) is 5.41 Å². The van der Waals surface area contributed by atoms with Crippen LogP contribution >= 0.6 is 0 Å². The molecule has 0 amide bonds. The molecule has 1 spiro atoms. The average molecular weight is 343 g/mol. The second-order valence-corrected chi connectivity index (χ2v) is 8.38. The lowest BCUT2D eigenvalue weighted by Crippen LogP contribution is -2.46. The molecule has 136 valence electrons. The molecule has 2 heterocycles. The molecule has 1 saturated carbocycles. The fraction of sp³-hybridized carbons (Fsp3) is 0.650. The maximum Gasteiger partial charge on any atom is 0.231 e. The maximum absolute atomic E-state index is 5.53. The van der Waals surface area contributed by atoms with Gasteiger partial charge in [-0.25, -0.2) is 0 Å². The van der Waals surface area contributed by atoms with Crippen molar-refractivity contribution in [3.05, 3.63) is 23.8 Å². The molecule has 3 aliphatic rings. The SMILES string of the molecule is CN=C(NCC(C)(C)c1ccc2c(c1)OCO2)N1CCC2(CCC2)C1. The van der Waals surface area contributed by atoms with Crippen LogP contribution in [-0.4, -0.2) is 44.3 Å². The topological polar surface area (TPSA) is 46.1 Å². The van der Waals surface area contributed by atoms with Gasteiger partial charge in [0.1, 0.15) is 0 Å². The van der Waals surface area contributed by atoms with Gasteiger partial charge in [0, 0.05) is 32.1 Å². The van der Waals surface area contributed by atoms with E-state index < -0.39 is 0 Å². The smallest absolute Gasteiger partial charge is 0.231 e. The molecule has 1 N–H and O–H groups in total. The van der Waals surface area contributed by atoms with Gasteiger partial charge >= 0.3 is 0 Å². The Balaban J connectivity index is 1.40. The Kier molecular flexibility index (Phi) is 4.05. The Bertz CT molecular complexity index is 680. The van der Waals surface area contributed by atoms with Crippen LogP contribution in [0.1, 0.15) is 45.1 Å². The average Bonchev–Trinajstić information content (AvgIpc) is 3.21. The zero-order valence-corrected chi connectivity index (χ0v) is 15.6. The summed E-state index contributed by atoms with van der Waals surface area (Å²) in [5.74, 6) is 2.73. The van der Waals surface area contributed by atoms with Crippen LogP contribution in [-0.2, 0) is 5.41 Å². The molecule has 2 aliphatic heterocycles. The van der Waals surface area contributed by atoms with Crippen LogP contribution < -0.4 is 14.8 Å². The molecule has 2 fully saturated rings. The van der Waals surface area contributed by atoms with E-state index in [0.29, 0.717) is 12.2 Å². The van der Waals surface area contributed by atoms with Gasteiger partial charge in [0.15, 0.2) is 17.5 Å². The zero-order chi connectivity index (χ0) is 17.5. The van der Waals surface area contributed by atoms with Crippen molar-refractivity contribution in [2.75, 3.05) is 33.5 Å². The fourth-order valence-electron chi connectivity index (χ4n) is 4.25. The number of likely N-dealkylation sites (tertiary alicyclic amines) is 1. The third-order valence-corrected chi connectivity index (χ3v) is 6.21. The number of ether oxygens (including phenoxy) is 2. The van der Waals surface area contributed by atoms with Crippen molar-refractivity contribution in [3.63, 3.8) is 0 Å². The molecule has 0 unspecified atom stereocenters. The first kappa shape index (κ1) is 16.6. The predicted octanol–water partition coefficient (Wildman–Crippen LogP) is 3.14. The van der Waals surface area contributed by atoms with E-state index in [1.807, 2.05) is 13.1 Å². The molecule has 0 aromatic heterocycles. The summed E-state index contributed by atoms with van der Waals surface area (Å²) in [6.07, 6.45) is 5.50. The van der Waals surface area contributed by atoms with Crippen molar-refractivity contribution in [3.8, 4) is 11.5 Å². The Hall–Kier alpha value is -1.91. The van der Waals surface area contributed by atoms with Gasteiger partial charge in [-0.05, 0) is 42.4 Å². The molecule has 0 atom stereocenters. The Morgan fingerprint density at radius 1 is 1.24 bits per heavy atom.